The SMILES string of the molecule is Cc1[c]cc(Br)o1. The molecule has 1 nitrogen and oxygen atoms in total. The fraction of sp³-hybridized carbons (Fsp3) is 0.200. The molecule has 0 fully saturated rings. The fourth-order valence-corrected chi connectivity index (χ4v) is 0.721. The highest BCUT2D eigenvalue weighted by atomic mass is 79.9. The Morgan fingerprint density at radius 1 is 1.86 bits per heavy atom. The van der Waals surface area contributed by atoms with Gasteiger partial charge in [0.05, 0.1) is 0 Å². The summed E-state index contributed by atoms with van der Waals surface area (Å²) in [5.41, 5.74) is 0. The zero-order valence-corrected chi connectivity index (χ0v) is 5.45. The number of halogens is 1. The molecule has 7 heavy (non-hydrogen) atoms. The first-order valence-electron chi connectivity index (χ1n) is 1.92. The molecule has 0 aromatic carbocycles. The van der Waals surface area contributed by atoms with Gasteiger partial charge in [-0.15, -0.1) is 0 Å². The van der Waals surface area contributed by atoms with Crippen molar-refractivity contribution in [3.63, 3.8) is 0 Å². The van der Waals surface area contributed by atoms with Gasteiger partial charge in [0.15, 0.2) is 4.67 Å². The van der Waals surface area contributed by atoms with Crippen LogP contribution in [0.5, 0.6) is 0 Å². The summed E-state index contributed by atoms with van der Waals surface area (Å²) in [6, 6.07) is 4.60. The van der Waals surface area contributed by atoms with Crippen molar-refractivity contribution in [2.45, 2.75) is 6.92 Å². The van der Waals surface area contributed by atoms with Crippen LogP contribution in [0.2, 0.25) is 0 Å². The van der Waals surface area contributed by atoms with E-state index in [0.29, 0.717) is 0 Å². The zero-order chi connectivity index (χ0) is 5.28. The fourth-order valence-electron chi connectivity index (χ4n) is 0.364. The molecule has 1 rings (SSSR count). The van der Waals surface area contributed by atoms with E-state index < -0.39 is 0 Å². The van der Waals surface area contributed by atoms with Crippen molar-refractivity contribution in [3.05, 3.63) is 22.6 Å². The highest BCUT2D eigenvalue weighted by molar-refractivity contribution is 9.10. The zero-order valence-electron chi connectivity index (χ0n) is 3.86. The third kappa shape index (κ3) is 1.06. The summed E-state index contributed by atoms with van der Waals surface area (Å²) in [7, 11) is 0. The van der Waals surface area contributed by atoms with Crippen LogP contribution < -0.4 is 0 Å². The molecule has 0 N–H and O–H groups in total. The topological polar surface area (TPSA) is 13.1 Å². The van der Waals surface area contributed by atoms with E-state index >= 15 is 0 Å². The number of furan rings is 1. The van der Waals surface area contributed by atoms with E-state index in [0.717, 1.165) is 10.4 Å². The quantitative estimate of drug-likeness (QED) is 0.566. The van der Waals surface area contributed by atoms with E-state index in [2.05, 4.69) is 22.0 Å². The molecular weight excluding hydrogens is 156 g/mol. The first-order valence-corrected chi connectivity index (χ1v) is 2.72. The van der Waals surface area contributed by atoms with Gasteiger partial charge >= 0.3 is 0 Å². The first kappa shape index (κ1) is 4.91. The normalized spacial score (nSPS) is 9.43. The Bertz CT molecular complexity index is 140. The van der Waals surface area contributed by atoms with Gasteiger partial charge in [0.1, 0.15) is 5.76 Å². The molecule has 0 bridgehead atoms. The van der Waals surface area contributed by atoms with Crippen molar-refractivity contribution >= 4 is 15.9 Å². The first-order chi connectivity index (χ1) is 3.29. The van der Waals surface area contributed by atoms with Gasteiger partial charge in [-0.05, 0) is 28.9 Å². The smallest absolute Gasteiger partial charge is 0.170 e. The molecule has 0 unspecified atom stereocenters. The standard InChI is InChI=1S/C5H4BrO/c1-4-2-3-5(6)7-4/h3H,1H3. The van der Waals surface area contributed by atoms with Gasteiger partial charge in [-0.1, -0.05) is 0 Å². The lowest BCUT2D eigenvalue weighted by Gasteiger charge is -1.74. The maximum atomic E-state index is 4.94. The summed E-state index contributed by atoms with van der Waals surface area (Å²) in [6.07, 6.45) is 0. The molecule has 0 amide bonds. The van der Waals surface area contributed by atoms with E-state index in [1.807, 2.05) is 6.92 Å². The van der Waals surface area contributed by atoms with Crippen LogP contribution in [0.4, 0.5) is 0 Å². The molecule has 0 saturated carbocycles. The average Bonchev–Trinajstić information content (AvgIpc) is 1.87. The van der Waals surface area contributed by atoms with Crippen molar-refractivity contribution in [3.8, 4) is 0 Å². The van der Waals surface area contributed by atoms with Gasteiger partial charge < -0.3 is 4.42 Å². The third-order valence-electron chi connectivity index (χ3n) is 0.640. The minimum atomic E-state index is 0.741. The lowest BCUT2D eigenvalue weighted by atomic mass is 10.5. The number of hydrogen-bond donors (Lipinski definition) is 0. The van der Waals surface area contributed by atoms with Crippen LogP contribution in [0.3, 0.4) is 0 Å². The maximum absolute atomic E-state index is 4.94. The van der Waals surface area contributed by atoms with Gasteiger partial charge in [0.25, 0.3) is 0 Å². The Kier molecular flexibility index (Phi) is 1.19. The maximum Gasteiger partial charge on any atom is 0.170 e. The Balaban J connectivity index is 3.04. The van der Waals surface area contributed by atoms with Crippen LogP contribution in [0.1, 0.15) is 5.76 Å². The second kappa shape index (κ2) is 1.70. The Labute approximate surface area is 50.5 Å². The largest absolute Gasteiger partial charge is 0.454 e. The second-order valence-electron chi connectivity index (χ2n) is 1.25. The van der Waals surface area contributed by atoms with Crippen LogP contribution in [0.15, 0.2) is 15.2 Å². The summed E-state index contributed by atoms with van der Waals surface area (Å²) in [5, 5.41) is 0. The predicted octanol–water partition coefficient (Wildman–Crippen LogP) is 2.15. The molecule has 0 aliphatic rings. The molecule has 0 saturated heterocycles. The number of rotatable bonds is 0. The monoisotopic (exact) mass is 159 g/mol. The molecule has 0 spiro atoms. The lowest BCUT2D eigenvalue weighted by Crippen LogP contribution is -1.50. The summed E-state index contributed by atoms with van der Waals surface area (Å²) >= 11 is 3.13. The van der Waals surface area contributed by atoms with Crippen LogP contribution in [0, 0.1) is 13.0 Å². The highest BCUT2D eigenvalue weighted by Crippen LogP contribution is 2.11. The van der Waals surface area contributed by atoms with Gasteiger partial charge in [0.2, 0.25) is 0 Å². The molecule has 1 aromatic heterocycles. The van der Waals surface area contributed by atoms with E-state index in [9.17, 15) is 0 Å². The Morgan fingerprint density at radius 2 is 2.57 bits per heavy atom. The van der Waals surface area contributed by atoms with Gasteiger partial charge in [-0.25, -0.2) is 0 Å². The predicted molar refractivity (Wildman–Crippen MR) is 30.0 cm³/mol. The third-order valence-corrected chi connectivity index (χ3v) is 1.03. The average molecular weight is 160 g/mol. The van der Waals surface area contributed by atoms with Gasteiger partial charge in [0, 0.05) is 6.07 Å². The minimum absolute atomic E-state index is 0.741. The summed E-state index contributed by atoms with van der Waals surface area (Å²) in [4.78, 5) is 0. The Hall–Kier alpha value is -0.240. The molecule has 0 atom stereocenters. The molecular formula is C5H4BrO. The molecule has 2 heteroatoms. The minimum Gasteiger partial charge on any atom is -0.454 e. The second-order valence-corrected chi connectivity index (χ2v) is 2.03. The van der Waals surface area contributed by atoms with Crippen LogP contribution in [-0.4, -0.2) is 0 Å². The highest BCUT2D eigenvalue weighted by Gasteiger charge is 1.88. The van der Waals surface area contributed by atoms with Crippen molar-refractivity contribution < 1.29 is 4.42 Å². The molecule has 0 aliphatic heterocycles. The van der Waals surface area contributed by atoms with E-state index in [1.165, 1.54) is 0 Å². The van der Waals surface area contributed by atoms with Crippen molar-refractivity contribution in [2.24, 2.45) is 0 Å². The molecule has 0 aliphatic carbocycles. The van der Waals surface area contributed by atoms with Crippen molar-refractivity contribution in [1.82, 2.24) is 0 Å². The lowest BCUT2D eigenvalue weighted by molar-refractivity contribution is 0.510. The van der Waals surface area contributed by atoms with Crippen LogP contribution >= 0.6 is 15.9 Å². The Morgan fingerprint density at radius 3 is 2.71 bits per heavy atom. The molecule has 1 radical (unpaired) electrons. The molecule has 37 valence electrons. The summed E-state index contributed by atoms with van der Waals surface area (Å²) < 4.78 is 5.69. The van der Waals surface area contributed by atoms with Crippen LogP contribution in [0.25, 0.3) is 0 Å². The summed E-state index contributed by atoms with van der Waals surface area (Å²) in [5.74, 6) is 0.812. The van der Waals surface area contributed by atoms with Gasteiger partial charge in [-0.2, -0.15) is 0 Å². The van der Waals surface area contributed by atoms with Crippen molar-refractivity contribution in [1.29, 1.82) is 0 Å². The number of aryl methyl sites for hydroxylation is 1. The van der Waals surface area contributed by atoms with Crippen molar-refractivity contribution in [2.75, 3.05) is 0 Å². The molecule has 1 heterocycles. The van der Waals surface area contributed by atoms with Gasteiger partial charge in [-0.3, -0.25) is 0 Å². The molecule has 1 aromatic rings. The van der Waals surface area contributed by atoms with E-state index in [-0.39, 0.29) is 0 Å². The van der Waals surface area contributed by atoms with E-state index in [1.54, 1.807) is 6.07 Å². The number of hydrogen-bond acceptors (Lipinski definition) is 1. The van der Waals surface area contributed by atoms with E-state index in [4.69, 9.17) is 4.42 Å². The summed E-state index contributed by atoms with van der Waals surface area (Å²) in [6.45, 7) is 1.85. The van der Waals surface area contributed by atoms with Crippen LogP contribution in [-0.2, 0) is 0 Å².